The summed E-state index contributed by atoms with van der Waals surface area (Å²) in [5, 5.41) is 11.1. The molecule has 16 heavy (non-hydrogen) atoms. The Balaban J connectivity index is 2.08. The molecular weight excluding hydrogens is 240 g/mol. The zero-order valence-electron chi connectivity index (χ0n) is 9.90. The molecule has 0 saturated heterocycles. The molecule has 1 aromatic rings. The monoisotopic (exact) mass is 260 g/mol. The number of nitrogens with zero attached hydrogens (tertiary/aromatic N) is 1. The van der Waals surface area contributed by atoms with Crippen LogP contribution in [-0.4, -0.2) is 28.0 Å². The molecular formula is C11H20N2OS2. The van der Waals surface area contributed by atoms with Crippen molar-refractivity contribution < 1.29 is 5.11 Å². The molecule has 0 aliphatic carbocycles. The molecule has 0 bridgehead atoms. The van der Waals surface area contributed by atoms with Gasteiger partial charge < -0.3 is 10.8 Å². The van der Waals surface area contributed by atoms with E-state index in [1.54, 1.807) is 23.1 Å². The molecule has 0 aromatic carbocycles. The van der Waals surface area contributed by atoms with Gasteiger partial charge in [-0.15, -0.1) is 11.3 Å². The Labute approximate surface area is 105 Å². The van der Waals surface area contributed by atoms with Crippen molar-refractivity contribution in [1.29, 1.82) is 0 Å². The average molecular weight is 260 g/mol. The van der Waals surface area contributed by atoms with Crippen LogP contribution >= 0.6 is 23.1 Å². The summed E-state index contributed by atoms with van der Waals surface area (Å²) in [6, 6.07) is 0. The van der Waals surface area contributed by atoms with E-state index in [4.69, 9.17) is 10.8 Å². The molecule has 3 N–H and O–H groups in total. The third kappa shape index (κ3) is 5.30. The highest BCUT2D eigenvalue weighted by atomic mass is 32.2. The Morgan fingerprint density at radius 1 is 1.56 bits per heavy atom. The molecule has 0 amide bonds. The van der Waals surface area contributed by atoms with E-state index in [2.05, 4.69) is 10.4 Å². The first-order valence-electron chi connectivity index (χ1n) is 5.48. The number of hydrogen-bond acceptors (Lipinski definition) is 5. The van der Waals surface area contributed by atoms with E-state index in [1.807, 2.05) is 13.8 Å². The fraction of sp³-hybridized carbons (Fsp3) is 0.727. The quantitative estimate of drug-likeness (QED) is 0.584. The van der Waals surface area contributed by atoms with Crippen molar-refractivity contribution in [1.82, 2.24) is 4.98 Å². The van der Waals surface area contributed by atoms with Crippen molar-refractivity contribution in [2.45, 2.75) is 43.0 Å². The summed E-state index contributed by atoms with van der Waals surface area (Å²) in [5.41, 5.74) is 6.53. The van der Waals surface area contributed by atoms with E-state index in [-0.39, 0.29) is 6.61 Å². The van der Waals surface area contributed by atoms with Crippen molar-refractivity contribution >= 4 is 23.1 Å². The van der Waals surface area contributed by atoms with Crippen molar-refractivity contribution in [2.75, 3.05) is 12.4 Å². The molecule has 3 nitrogen and oxygen atoms in total. The van der Waals surface area contributed by atoms with Crippen molar-refractivity contribution in [2.24, 2.45) is 5.73 Å². The van der Waals surface area contributed by atoms with Gasteiger partial charge in [-0.1, -0.05) is 18.2 Å². The van der Waals surface area contributed by atoms with Gasteiger partial charge in [0.25, 0.3) is 0 Å². The topological polar surface area (TPSA) is 59.1 Å². The van der Waals surface area contributed by atoms with Gasteiger partial charge in [0, 0.05) is 22.4 Å². The van der Waals surface area contributed by atoms with Crippen LogP contribution in [0.4, 0.5) is 0 Å². The van der Waals surface area contributed by atoms with Crippen LogP contribution in [0.3, 0.4) is 0 Å². The van der Waals surface area contributed by atoms with Crippen molar-refractivity contribution in [3.63, 3.8) is 0 Å². The normalized spacial score (nSPS) is 15.0. The Bertz CT molecular complexity index is 313. The number of aryl methyl sites for hydroxylation is 1. The van der Waals surface area contributed by atoms with Gasteiger partial charge in [-0.3, -0.25) is 0 Å². The van der Waals surface area contributed by atoms with Gasteiger partial charge in [-0.2, -0.15) is 0 Å². The number of aliphatic hydroxyl groups excluding tert-OH is 1. The minimum absolute atomic E-state index is 0.0613. The minimum Gasteiger partial charge on any atom is -0.394 e. The van der Waals surface area contributed by atoms with Crippen LogP contribution < -0.4 is 5.73 Å². The predicted molar refractivity (Wildman–Crippen MR) is 71.1 cm³/mol. The molecule has 0 aliphatic rings. The van der Waals surface area contributed by atoms with Gasteiger partial charge in [0.05, 0.1) is 6.61 Å². The third-order valence-electron chi connectivity index (χ3n) is 2.33. The van der Waals surface area contributed by atoms with Crippen LogP contribution in [0.5, 0.6) is 0 Å². The number of thiazole rings is 1. The van der Waals surface area contributed by atoms with Gasteiger partial charge in [0.15, 0.2) is 0 Å². The summed E-state index contributed by atoms with van der Waals surface area (Å²) in [5.74, 6) is 1.08. The lowest BCUT2D eigenvalue weighted by molar-refractivity contribution is 0.198. The summed E-state index contributed by atoms with van der Waals surface area (Å²) in [6.07, 6.45) is 3.06. The highest BCUT2D eigenvalue weighted by molar-refractivity contribution is 8.00. The number of hydrogen-bond donors (Lipinski definition) is 2. The summed E-state index contributed by atoms with van der Waals surface area (Å²) in [6.45, 7) is 3.97. The van der Waals surface area contributed by atoms with E-state index >= 15 is 0 Å². The lowest BCUT2D eigenvalue weighted by atomic mass is 9.98. The second-order valence-corrected chi connectivity index (χ2v) is 6.57. The third-order valence-corrected chi connectivity index (χ3v) is 4.55. The predicted octanol–water partition coefficient (Wildman–Crippen LogP) is 2.42. The fourth-order valence-corrected chi connectivity index (χ4v) is 3.19. The number of unbranched alkanes of at least 4 members (excludes halogenated alkanes) is 1. The first kappa shape index (κ1) is 14.0. The molecule has 1 aromatic heterocycles. The van der Waals surface area contributed by atoms with Gasteiger partial charge in [-0.05, 0) is 26.7 Å². The molecule has 0 aliphatic heterocycles. The van der Waals surface area contributed by atoms with E-state index in [9.17, 15) is 0 Å². The lowest BCUT2D eigenvalue weighted by Gasteiger charge is -2.20. The van der Waals surface area contributed by atoms with Crippen LogP contribution in [-0.2, 0) is 0 Å². The average Bonchev–Trinajstić information content (AvgIpc) is 2.64. The molecule has 0 spiro atoms. The number of aromatic nitrogens is 1. The van der Waals surface area contributed by atoms with E-state index < -0.39 is 5.54 Å². The molecule has 1 rings (SSSR count). The Morgan fingerprint density at radius 3 is 2.88 bits per heavy atom. The first-order chi connectivity index (χ1) is 7.53. The zero-order valence-corrected chi connectivity index (χ0v) is 11.5. The molecule has 5 heteroatoms. The van der Waals surface area contributed by atoms with Crippen molar-refractivity contribution in [3.05, 3.63) is 11.1 Å². The van der Waals surface area contributed by atoms with Gasteiger partial charge in [0.2, 0.25) is 0 Å². The van der Waals surface area contributed by atoms with Crippen molar-refractivity contribution in [3.8, 4) is 0 Å². The van der Waals surface area contributed by atoms with E-state index in [0.717, 1.165) is 35.0 Å². The summed E-state index contributed by atoms with van der Waals surface area (Å²) < 4.78 is 1.15. The molecule has 0 fully saturated rings. The first-order valence-corrected chi connectivity index (χ1v) is 7.35. The van der Waals surface area contributed by atoms with Gasteiger partial charge in [0.1, 0.15) is 4.34 Å². The summed E-state index contributed by atoms with van der Waals surface area (Å²) in [7, 11) is 0. The number of aliphatic hydroxyl groups is 1. The fourth-order valence-electron chi connectivity index (χ4n) is 1.27. The highest BCUT2D eigenvalue weighted by Gasteiger charge is 2.15. The molecule has 1 atom stereocenters. The second kappa shape index (κ2) is 6.59. The second-order valence-electron chi connectivity index (χ2n) is 4.37. The Morgan fingerprint density at radius 2 is 2.31 bits per heavy atom. The summed E-state index contributed by atoms with van der Waals surface area (Å²) >= 11 is 3.51. The SMILES string of the molecule is Cc1csc(SCCCCC(C)(N)CO)n1. The van der Waals surface area contributed by atoms with E-state index in [1.165, 1.54) is 0 Å². The van der Waals surface area contributed by atoms with E-state index in [0.29, 0.717) is 0 Å². The number of nitrogens with two attached hydrogens (primary N) is 1. The smallest absolute Gasteiger partial charge is 0.150 e. The Kier molecular flexibility index (Phi) is 5.75. The number of thioether (sulfide) groups is 1. The molecule has 0 radical (unpaired) electrons. The van der Waals surface area contributed by atoms with Crippen LogP contribution in [0.1, 0.15) is 31.9 Å². The lowest BCUT2D eigenvalue weighted by Crippen LogP contribution is -2.39. The minimum atomic E-state index is -0.414. The van der Waals surface area contributed by atoms with Crippen LogP contribution in [0.15, 0.2) is 9.72 Å². The maximum absolute atomic E-state index is 8.99. The van der Waals surface area contributed by atoms with Crippen LogP contribution in [0.25, 0.3) is 0 Å². The molecule has 0 saturated carbocycles. The van der Waals surface area contributed by atoms with Crippen LogP contribution in [0, 0.1) is 6.92 Å². The van der Waals surface area contributed by atoms with Gasteiger partial charge >= 0.3 is 0 Å². The highest BCUT2D eigenvalue weighted by Crippen LogP contribution is 2.23. The largest absolute Gasteiger partial charge is 0.394 e. The summed E-state index contributed by atoms with van der Waals surface area (Å²) in [4.78, 5) is 4.39. The van der Waals surface area contributed by atoms with Crippen LogP contribution in [0.2, 0.25) is 0 Å². The standard InChI is InChI=1S/C11H20N2OS2/c1-9-7-16-10(13-9)15-6-4-3-5-11(2,12)8-14/h7,14H,3-6,8,12H2,1-2H3. The maximum Gasteiger partial charge on any atom is 0.150 e. The number of rotatable bonds is 7. The molecule has 1 unspecified atom stereocenters. The van der Waals surface area contributed by atoms with Gasteiger partial charge in [-0.25, -0.2) is 4.98 Å². The Hall–Kier alpha value is -0.100. The zero-order chi connectivity index (χ0) is 12.0. The maximum atomic E-state index is 8.99. The molecule has 92 valence electrons. The molecule has 1 heterocycles.